The molecule has 0 aliphatic heterocycles. The molecule has 0 atom stereocenters. The maximum atomic E-state index is 13.2. The zero-order valence-electron chi connectivity index (χ0n) is 15.8. The van der Waals surface area contributed by atoms with Gasteiger partial charge in [-0.25, -0.2) is 8.42 Å². The Morgan fingerprint density at radius 2 is 2.00 bits per heavy atom. The number of nitrogens with one attached hydrogen (secondary N) is 1. The SMILES string of the molecule is Cc1cc(NC(=O)CN(Cc2ccco2)S(=O)(=O)c2cc(C(F)(F)F)ccc2Cl)no1. The number of carbonyl (C=O) groups excluding carboxylic acids is 1. The number of sulfonamides is 1. The lowest BCUT2D eigenvalue weighted by Crippen LogP contribution is -2.37. The van der Waals surface area contributed by atoms with Crippen LogP contribution in [0.1, 0.15) is 17.1 Å². The number of amides is 1. The Morgan fingerprint density at radius 1 is 1.26 bits per heavy atom. The molecule has 166 valence electrons. The highest BCUT2D eigenvalue weighted by molar-refractivity contribution is 7.89. The Balaban J connectivity index is 1.95. The number of halogens is 4. The molecule has 2 heterocycles. The van der Waals surface area contributed by atoms with Gasteiger partial charge in [0.05, 0.1) is 29.9 Å². The lowest BCUT2D eigenvalue weighted by molar-refractivity contribution is -0.137. The zero-order valence-corrected chi connectivity index (χ0v) is 17.4. The first-order valence-electron chi connectivity index (χ1n) is 8.59. The lowest BCUT2D eigenvalue weighted by atomic mass is 10.2. The van der Waals surface area contributed by atoms with Crippen LogP contribution in [0.5, 0.6) is 0 Å². The summed E-state index contributed by atoms with van der Waals surface area (Å²) in [7, 11) is -4.64. The van der Waals surface area contributed by atoms with Gasteiger partial charge in [-0.1, -0.05) is 16.8 Å². The molecule has 8 nitrogen and oxygen atoms in total. The second-order valence-corrected chi connectivity index (χ2v) is 8.68. The normalized spacial score (nSPS) is 12.3. The van der Waals surface area contributed by atoms with Gasteiger partial charge in [-0.2, -0.15) is 17.5 Å². The lowest BCUT2D eigenvalue weighted by Gasteiger charge is -2.22. The van der Waals surface area contributed by atoms with Gasteiger partial charge < -0.3 is 14.3 Å². The predicted octanol–water partition coefficient (Wildman–Crippen LogP) is 4.08. The average Bonchev–Trinajstić information content (AvgIpc) is 3.32. The monoisotopic (exact) mass is 477 g/mol. The summed E-state index contributed by atoms with van der Waals surface area (Å²) in [5, 5.41) is 5.50. The number of anilines is 1. The molecule has 1 N–H and O–H groups in total. The first kappa shape index (κ1) is 22.8. The van der Waals surface area contributed by atoms with Crippen LogP contribution in [-0.2, 0) is 27.5 Å². The molecule has 3 aromatic rings. The molecule has 1 aromatic carbocycles. The Labute approximate surface area is 179 Å². The molecule has 0 saturated carbocycles. The molecule has 0 bridgehead atoms. The van der Waals surface area contributed by atoms with Crippen molar-refractivity contribution in [2.45, 2.75) is 24.5 Å². The summed E-state index contributed by atoms with van der Waals surface area (Å²) in [5.74, 6) is -0.177. The highest BCUT2D eigenvalue weighted by atomic mass is 35.5. The molecule has 2 aromatic heterocycles. The van der Waals surface area contributed by atoms with E-state index in [2.05, 4.69) is 10.5 Å². The van der Waals surface area contributed by atoms with E-state index in [1.807, 2.05) is 0 Å². The molecule has 0 fully saturated rings. The number of hydrogen-bond acceptors (Lipinski definition) is 6. The third kappa shape index (κ3) is 5.46. The molecular formula is C18H15ClF3N3O5S. The maximum absolute atomic E-state index is 13.2. The van der Waals surface area contributed by atoms with E-state index in [-0.39, 0.29) is 11.6 Å². The fraction of sp³-hybridized carbons (Fsp3) is 0.222. The van der Waals surface area contributed by atoms with Crippen molar-refractivity contribution in [1.82, 2.24) is 9.46 Å². The summed E-state index contributed by atoms with van der Waals surface area (Å²) in [4.78, 5) is 11.6. The smallest absolute Gasteiger partial charge is 0.416 e. The van der Waals surface area contributed by atoms with Crippen LogP contribution >= 0.6 is 11.6 Å². The van der Waals surface area contributed by atoms with Gasteiger partial charge in [0.15, 0.2) is 5.82 Å². The summed E-state index contributed by atoms with van der Waals surface area (Å²) < 4.78 is 76.2. The standard InChI is InChI=1S/C18H15ClF3N3O5S/c1-11-7-16(24-30-11)23-17(26)10-25(9-13-3-2-6-29-13)31(27,28)15-8-12(18(20,21)22)4-5-14(15)19/h2-8H,9-10H2,1H3,(H,23,24,26). The van der Waals surface area contributed by atoms with Gasteiger partial charge in [0.25, 0.3) is 0 Å². The highest BCUT2D eigenvalue weighted by Crippen LogP contribution is 2.34. The van der Waals surface area contributed by atoms with E-state index < -0.39 is 50.7 Å². The van der Waals surface area contributed by atoms with Crippen LogP contribution in [-0.4, -0.2) is 30.3 Å². The largest absolute Gasteiger partial charge is 0.468 e. The summed E-state index contributed by atoms with van der Waals surface area (Å²) in [6.07, 6.45) is -3.50. The Kier molecular flexibility index (Phi) is 6.43. The fourth-order valence-corrected chi connectivity index (χ4v) is 4.45. The first-order valence-corrected chi connectivity index (χ1v) is 10.4. The average molecular weight is 478 g/mol. The quantitative estimate of drug-likeness (QED) is 0.549. The molecule has 0 unspecified atom stereocenters. The molecule has 31 heavy (non-hydrogen) atoms. The third-order valence-electron chi connectivity index (χ3n) is 4.00. The molecule has 0 aliphatic carbocycles. The molecule has 1 amide bonds. The topological polar surface area (TPSA) is 106 Å². The predicted molar refractivity (Wildman–Crippen MR) is 103 cm³/mol. The number of aromatic nitrogens is 1. The van der Waals surface area contributed by atoms with Crippen molar-refractivity contribution < 1.29 is 35.3 Å². The number of alkyl halides is 3. The second kappa shape index (κ2) is 8.73. The van der Waals surface area contributed by atoms with Gasteiger partial charge in [-0.3, -0.25) is 4.79 Å². The van der Waals surface area contributed by atoms with Gasteiger partial charge in [-0.15, -0.1) is 0 Å². The fourth-order valence-electron chi connectivity index (χ4n) is 2.59. The van der Waals surface area contributed by atoms with Gasteiger partial charge >= 0.3 is 6.18 Å². The van der Waals surface area contributed by atoms with Crippen molar-refractivity contribution in [3.05, 3.63) is 64.8 Å². The van der Waals surface area contributed by atoms with E-state index >= 15 is 0 Å². The van der Waals surface area contributed by atoms with E-state index in [0.29, 0.717) is 22.2 Å². The van der Waals surface area contributed by atoms with Crippen LogP contribution < -0.4 is 5.32 Å². The number of aryl methyl sites for hydroxylation is 1. The van der Waals surface area contributed by atoms with Gasteiger partial charge in [0.1, 0.15) is 16.4 Å². The number of benzene rings is 1. The molecule has 0 aliphatic rings. The van der Waals surface area contributed by atoms with E-state index in [1.165, 1.54) is 24.5 Å². The van der Waals surface area contributed by atoms with Crippen molar-refractivity contribution in [2.24, 2.45) is 0 Å². The number of rotatable bonds is 7. The van der Waals surface area contributed by atoms with Crippen LogP contribution in [0.15, 0.2) is 56.5 Å². The van der Waals surface area contributed by atoms with E-state index in [0.717, 1.165) is 6.07 Å². The van der Waals surface area contributed by atoms with Crippen molar-refractivity contribution in [1.29, 1.82) is 0 Å². The number of furan rings is 1. The van der Waals surface area contributed by atoms with E-state index in [4.69, 9.17) is 20.5 Å². The third-order valence-corrected chi connectivity index (χ3v) is 6.28. The van der Waals surface area contributed by atoms with Crippen molar-refractivity contribution in [2.75, 3.05) is 11.9 Å². The Morgan fingerprint density at radius 3 is 2.58 bits per heavy atom. The molecule has 13 heteroatoms. The maximum Gasteiger partial charge on any atom is 0.416 e. The molecule has 3 rings (SSSR count). The van der Waals surface area contributed by atoms with Crippen LogP contribution in [0, 0.1) is 6.92 Å². The van der Waals surface area contributed by atoms with Crippen molar-refractivity contribution >= 4 is 33.3 Å². The zero-order chi connectivity index (χ0) is 22.8. The van der Waals surface area contributed by atoms with Gasteiger partial charge in [-0.05, 0) is 37.3 Å². The van der Waals surface area contributed by atoms with Gasteiger partial charge in [0.2, 0.25) is 15.9 Å². The number of nitrogens with zero attached hydrogens (tertiary/aromatic N) is 2. The van der Waals surface area contributed by atoms with E-state index in [1.54, 1.807) is 6.92 Å². The summed E-state index contributed by atoms with van der Waals surface area (Å²) in [6, 6.07) is 6.28. The highest BCUT2D eigenvalue weighted by Gasteiger charge is 2.35. The molecule has 0 radical (unpaired) electrons. The van der Waals surface area contributed by atoms with Crippen LogP contribution in [0.4, 0.5) is 19.0 Å². The minimum absolute atomic E-state index is 0.0509. The van der Waals surface area contributed by atoms with Crippen LogP contribution in [0.25, 0.3) is 0 Å². The number of hydrogen-bond donors (Lipinski definition) is 1. The summed E-state index contributed by atoms with van der Waals surface area (Å²) in [6.45, 7) is 0.417. The Hall–Kier alpha value is -2.83. The molecular weight excluding hydrogens is 463 g/mol. The summed E-state index contributed by atoms with van der Waals surface area (Å²) >= 11 is 5.91. The minimum Gasteiger partial charge on any atom is -0.468 e. The minimum atomic E-state index is -4.79. The van der Waals surface area contributed by atoms with Crippen LogP contribution in [0.2, 0.25) is 5.02 Å². The molecule has 0 saturated heterocycles. The van der Waals surface area contributed by atoms with E-state index in [9.17, 15) is 26.4 Å². The number of carbonyl (C=O) groups is 1. The first-order chi connectivity index (χ1) is 14.5. The van der Waals surface area contributed by atoms with Crippen LogP contribution in [0.3, 0.4) is 0 Å². The second-order valence-electron chi connectivity index (χ2n) is 6.37. The Bertz CT molecular complexity index is 1180. The summed E-state index contributed by atoms with van der Waals surface area (Å²) in [5.41, 5.74) is -1.20. The van der Waals surface area contributed by atoms with Crippen molar-refractivity contribution in [3.63, 3.8) is 0 Å². The molecule has 0 spiro atoms. The van der Waals surface area contributed by atoms with Gasteiger partial charge in [0, 0.05) is 6.07 Å². The van der Waals surface area contributed by atoms with Crippen molar-refractivity contribution in [3.8, 4) is 0 Å².